The molecule has 0 radical (unpaired) electrons. The predicted octanol–water partition coefficient (Wildman–Crippen LogP) is 1.72. The van der Waals surface area contributed by atoms with Crippen molar-refractivity contribution >= 4 is 10.2 Å². The van der Waals surface area contributed by atoms with E-state index in [1.807, 2.05) is 7.05 Å². The molecule has 124 valence electrons. The predicted molar refractivity (Wildman–Crippen MR) is 86.3 cm³/mol. The van der Waals surface area contributed by atoms with Gasteiger partial charge in [-0.2, -0.15) is 17.4 Å². The summed E-state index contributed by atoms with van der Waals surface area (Å²) >= 11 is 0. The fourth-order valence-corrected chi connectivity index (χ4v) is 5.39. The van der Waals surface area contributed by atoms with Gasteiger partial charge in [0, 0.05) is 19.1 Å². The third kappa shape index (κ3) is 4.41. The van der Waals surface area contributed by atoms with Crippen LogP contribution < -0.4 is 10.0 Å². The van der Waals surface area contributed by atoms with E-state index in [-0.39, 0.29) is 11.5 Å². The fourth-order valence-electron chi connectivity index (χ4n) is 3.67. The number of hydrogen-bond acceptors (Lipinski definition) is 3. The summed E-state index contributed by atoms with van der Waals surface area (Å²) in [5.74, 6) is 0.430. The Morgan fingerprint density at radius 2 is 1.95 bits per heavy atom. The molecular formula is C15H31N3O2S. The van der Waals surface area contributed by atoms with Gasteiger partial charge in [-0.1, -0.05) is 26.7 Å². The lowest BCUT2D eigenvalue weighted by Crippen LogP contribution is -2.54. The minimum absolute atomic E-state index is 0.0610. The maximum Gasteiger partial charge on any atom is 0.279 e. The van der Waals surface area contributed by atoms with Gasteiger partial charge >= 0.3 is 0 Å². The van der Waals surface area contributed by atoms with Gasteiger partial charge in [-0.3, -0.25) is 0 Å². The van der Waals surface area contributed by atoms with E-state index >= 15 is 0 Å². The Balaban J connectivity index is 2.00. The molecule has 1 saturated heterocycles. The highest BCUT2D eigenvalue weighted by atomic mass is 32.2. The van der Waals surface area contributed by atoms with E-state index in [0.29, 0.717) is 19.0 Å². The molecule has 0 spiro atoms. The zero-order valence-corrected chi connectivity index (χ0v) is 14.5. The van der Waals surface area contributed by atoms with E-state index < -0.39 is 10.2 Å². The summed E-state index contributed by atoms with van der Waals surface area (Å²) in [4.78, 5) is 0. The third-order valence-corrected chi connectivity index (χ3v) is 6.71. The molecule has 1 saturated carbocycles. The highest BCUT2D eigenvalue weighted by Crippen LogP contribution is 2.36. The SMILES string of the molecule is CNCC1CCCN(S(=O)(=O)NC2CCCCC2(C)C)C1. The van der Waals surface area contributed by atoms with Gasteiger partial charge in [-0.25, -0.2) is 0 Å². The second-order valence-corrected chi connectivity index (χ2v) is 9.04. The lowest BCUT2D eigenvalue weighted by Gasteiger charge is -2.40. The summed E-state index contributed by atoms with van der Waals surface area (Å²) in [6, 6.07) is 0.0703. The molecule has 2 fully saturated rings. The van der Waals surface area contributed by atoms with Crippen molar-refractivity contribution in [3.05, 3.63) is 0 Å². The Kier molecular flexibility index (Phi) is 5.68. The summed E-state index contributed by atoms with van der Waals surface area (Å²) in [5.41, 5.74) is 0.0610. The molecule has 0 amide bonds. The number of nitrogens with one attached hydrogen (secondary N) is 2. The zero-order valence-electron chi connectivity index (χ0n) is 13.7. The quantitative estimate of drug-likeness (QED) is 0.811. The van der Waals surface area contributed by atoms with Crippen LogP contribution in [-0.4, -0.2) is 45.4 Å². The second kappa shape index (κ2) is 6.94. The van der Waals surface area contributed by atoms with Crippen LogP contribution in [0.3, 0.4) is 0 Å². The van der Waals surface area contributed by atoms with Crippen LogP contribution in [0.4, 0.5) is 0 Å². The van der Waals surface area contributed by atoms with Crippen LogP contribution in [0, 0.1) is 11.3 Å². The first kappa shape index (κ1) is 17.2. The molecule has 0 aromatic carbocycles. The molecule has 2 rings (SSSR count). The maximum absolute atomic E-state index is 12.7. The average Bonchev–Trinajstić information content (AvgIpc) is 2.42. The molecule has 1 aliphatic carbocycles. The Labute approximate surface area is 130 Å². The van der Waals surface area contributed by atoms with Crippen LogP contribution in [0.2, 0.25) is 0 Å². The number of hydrogen-bond donors (Lipinski definition) is 2. The molecule has 0 aromatic heterocycles. The van der Waals surface area contributed by atoms with Crippen LogP contribution in [0.5, 0.6) is 0 Å². The summed E-state index contributed by atoms with van der Waals surface area (Å²) < 4.78 is 30.0. The summed E-state index contributed by atoms with van der Waals surface area (Å²) in [7, 11) is -1.42. The molecule has 0 bridgehead atoms. The molecule has 2 aliphatic rings. The molecule has 6 heteroatoms. The molecule has 5 nitrogen and oxygen atoms in total. The van der Waals surface area contributed by atoms with E-state index in [4.69, 9.17) is 0 Å². The van der Waals surface area contributed by atoms with Crippen LogP contribution >= 0.6 is 0 Å². The van der Waals surface area contributed by atoms with Gasteiger partial charge in [0.05, 0.1) is 0 Å². The van der Waals surface area contributed by atoms with Crippen LogP contribution in [-0.2, 0) is 10.2 Å². The van der Waals surface area contributed by atoms with Crippen molar-refractivity contribution in [2.24, 2.45) is 11.3 Å². The minimum Gasteiger partial charge on any atom is -0.319 e. The molecule has 2 unspecified atom stereocenters. The monoisotopic (exact) mass is 317 g/mol. The smallest absolute Gasteiger partial charge is 0.279 e. The lowest BCUT2D eigenvalue weighted by molar-refractivity contribution is 0.182. The molecule has 2 atom stereocenters. The highest BCUT2D eigenvalue weighted by Gasteiger charge is 2.37. The third-order valence-electron chi connectivity index (χ3n) is 5.11. The van der Waals surface area contributed by atoms with Crippen molar-refractivity contribution in [1.82, 2.24) is 14.3 Å². The summed E-state index contributed by atoms with van der Waals surface area (Å²) in [6.07, 6.45) is 6.46. The average molecular weight is 317 g/mol. The van der Waals surface area contributed by atoms with E-state index in [1.54, 1.807) is 4.31 Å². The van der Waals surface area contributed by atoms with Crippen LogP contribution in [0.25, 0.3) is 0 Å². The van der Waals surface area contributed by atoms with Gasteiger partial charge < -0.3 is 5.32 Å². The topological polar surface area (TPSA) is 61.4 Å². The van der Waals surface area contributed by atoms with Gasteiger partial charge in [0.2, 0.25) is 0 Å². The van der Waals surface area contributed by atoms with E-state index in [9.17, 15) is 8.42 Å². The number of piperidine rings is 1. The molecule has 21 heavy (non-hydrogen) atoms. The van der Waals surface area contributed by atoms with E-state index in [2.05, 4.69) is 23.9 Å². The second-order valence-electron chi connectivity index (χ2n) is 7.33. The van der Waals surface area contributed by atoms with Gasteiger partial charge in [0.15, 0.2) is 0 Å². The van der Waals surface area contributed by atoms with Crippen LogP contribution in [0.15, 0.2) is 0 Å². The number of nitrogens with zero attached hydrogens (tertiary/aromatic N) is 1. The van der Waals surface area contributed by atoms with Crippen LogP contribution in [0.1, 0.15) is 52.4 Å². The van der Waals surface area contributed by atoms with Gasteiger partial charge in [0.1, 0.15) is 0 Å². The van der Waals surface area contributed by atoms with Crippen molar-refractivity contribution in [3.8, 4) is 0 Å². The highest BCUT2D eigenvalue weighted by molar-refractivity contribution is 7.87. The van der Waals surface area contributed by atoms with E-state index in [0.717, 1.165) is 38.6 Å². The van der Waals surface area contributed by atoms with Crippen molar-refractivity contribution in [3.63, 3.8) is 0 Å². The normalized spacial score (nSPS) is 31.2. The Bertz CT molecular complexity index is 434. The largest absolute Gasteiger partial charge is 0.319 e. The van der Waals surface area contributed by atoms with Crippen molar-refractivity contribution in [1.29, 1.82) is 0 Å². The zero-order chi connectivity index (χ0) is 15.5. The maximum atomic E-state index is 12.7. The number of rotatable bonds is 5. The molecular weight excluding hydrogens is 286 g/mol. The molecule has 2 N–H and O–H groups in total. The van der Waals surface area contributed by atoms with Gasteiger partial charge in [-0.15, -0.1) is 0 Å². The fraction of sp³-hybridized carbons (Fsp3) is 1.00. The summed E-state index contributed by atoms with van der Waals surface area (Å²) in [6.45, 7) is 6.55. The Hall–Kier alpha value is -0.170. The van der Waals surface area contributed by atoms with Crippen molar-refractivity contribution in [2.45, 2.75) is 58.4 Å². The van der Waals surface area contributed by atoms with Gasteiger partial charge in [0.25, 0.3) is 10.2 Å². The standard InChI is InChI=1S/C15H31N3O2S/c1-15(2)9-5-4-8-14(15)17-21(19,20)18-10-6-7-13(12-18)11-16-3/h13-14,16-17H,4-12H2,1-3H3. The first-order valence-corrected chi connectivity index (χ1v) is 9.71. The lowest BCUT2D eigenvalue weighted by atomic mass is 9.74. The van der Waals surface area contributed by atoms with E-state index in [1.165, 1.54) is 6.42 Å². The van der Waals surface area contributed by atoms with Crippen molar-refractivity contribution < 1.29 is 8.42 Å². The molecule has 0 aromatic rings. The molecule has 1 heterocycles. The Morgan fingerprint density at radius 1 is 1.19 bits per heavy atom. The minimum atomic E-state index is -3.35. The Morgan fingerprint density at radius 3 is 2.62 bits per heavy atom. The first-order valence-electron chi connectivity index (χ1n) is 8.27. The first-order chi connectivity index (χ1) is 9.85. The summed E-state index contributed by atoms with van der Waals surface area (Å²) in [5, 5.41) is 3.16. The molecule has 1 aliphatic heterocycles. The van der Waals surface area contributed by atoms with Crippen molar-refractivity contribution in [2.75, 3.05) is 26.7 Å². The van der Waals surface area contributed by atoms with Gasteiger partial charge in [-0.05, 0) is 50.6 Å².